The van der Waals surface area contributed by atoms with Crippen LogP contribution in [0, 0.1) is 11.3 Å². The number of aliphatic hydroxyl groups excluding tert-OH is 1. The normalized spacial score (nSPS) is 11.5. The lowest BCUT2D eigenvalue weighted by Crippen LogP contribution is -2.15. The summed E-state index contributed by atoms with van der Waals surface area (Å²) >= 11 is 9.41. The van der Waals surface area contributed by atoms with Crippen LogP contribution in [-0.2, 0) is 35.4 Å². The Morgan fingerprint density at radius 1 is 1.14 bits per heavy atom. The zero-order chi connectivity index (χ0) is 25.2. The Bertz CT molecular complexity index is 1210. The molecule has 6 nitrogen and oxygen atoms in total. The minimum Gasteiger partial charge on any atom is -0.473 e. The summed E-state index contributed by atoms with van der Waals surface area (Å²) in [6.07, 6.45) is 0.972. The number of pyridine rings is 1. The number of rotatable bonds is 11. The maximum Gasteiger partial charge on any atom is 0.310 e. The second-order valence-electron chi connectivity index (χ2n) is 7.97. The lowest BCUT2D eigenvalue weighted by atomic mass is 9.94. The third kappa shape index (κ3) is 8.36. The Balaban J connectivity index is 1.68. The van der Waals surface area contributed by atoms with Gasteiger partial charge in [0.2, 0.25) is 5.88 Å². The summed E-state index contributed by atoms with van der Waals surface area (Å²) in [7, 11) is 0. The van der Waals surface area contributed by atoms with Gasteiger partial charge in [0.05, 0.1) is 30.8 Å². The second-order valence-corrected chi connectivity index (χ2v) is 9.28. The van der Waals surface area contributed by atoms with E-state index in [2.05, 4.69) is 27.0 Å². The fraction of sp³-hybridized carbons (Fsp3) is 0.296. The number of carbonyl (C=O) groups excluding carboxylic acids is 1. The van der Waals surface area contributed by atoms with Crippen LogP contribution >= 0.6 is 27.5 Å². The molecule has 1 aromatic heterocycles. The average molecular weight is 558 g/mol. The Hall–Kier alpha value is -2.92. The molecule has 0 saturated carbocycles. The topological polar surface area (TPSA) is 92.4 Å². The van der Waals surface area contributed by atoms with Gasteiger partial charge in [0.1, 0.15) is 11.8 Å². The molecule has 0 saturated heterocycles. The van der Waals surface area contributed by atoms with Crippen molar-refractivity contribution in [3.8, 4) is 11.9 Å². The third-order valence-electron chi connectivity index (χ3n) is 5.41. The van der Waals surface area contributed by atoms with Gasteiger partial charge in [-0.15, -0.1) is 0 Å². The minimum atomic E-state index is -0.651. The molecule has 3 rings (SSSR count). The molecule has 0 aliphatic heterocycles. The number of benzene rings is 2. The largest absolute Gasteiger partial charge is 0.473 e. The predicted octanol–water partition coefficient (Wildman–Crippen LogP) is 5.59. The summed E-state index contributed by atoms with van der Waals surface area (Å²) in [6.45, 7) is 2.35. The highest BCUT2D eigenvalue weighted by atomic mass is 79.9. The number of hydrogen-bond donors (Lipinski definition) is 1. The van der Waals surface area contributed by atoms with E-state index >= 15 is 0 Å². The first-order valence-corrected chi connectivity index (χ1v) is 12.4. The molecular weight excluding hydrogens is 532 g/mol. The number of ether oxygens (including phenoxy) is 2. The van der Waals surface area contributed by atoms with Crippen molar-refractivity contribution in [2.24, 2.45) is 0 Å². The number of nitrogens with zero attached hydrogens (tertiary/aromatic N) is 2. The number of halogens is 2. The first kappa shape index (κ1) is 26.7. The van der Waals surface area contributed by atoms with Crippen molar-refractivity contribution >= 4 is 33.5 Å². The lowest BCUT2D eigenvalue weighted by Gasteiger charge is -2.16. The van der Waals surface area contributed by atoms with E-state index in [0.717, 1.165) is 26.7 Å². The van der Waals surface area contributed by atoms with Gasteiger partial charge in [-0.25, -0.2) is 4.98 Å². The van der Waals surface area contributed by atoms with Crippen LogP contribution < -0.4 is 4.74 Å². The monoisotopic (exact) mass is 556 g/mol. The van der Waals surface area contributed by atoms with Crippen LogP contribution in [0.3, 0.4) is 0 Å². The number of carbonyl (C=O) groups is 1. The summed E-state index contributed by atoms with van der Waals surface area (Å²) in [5.41, 5.74) is 4.07. The van der Waals surface area contributed by atoms with E-state index < -0.39 is 6.10 Å². The first-order chi connectivity index (χ1) is 16.9. The fourth-order valence-electron chi connectivity index (χ4n) is 3.69. The molecule has 1 unspecified atom stereocenters. The molecule has 2 aromatic carbocycles. The molecule has 0 fully saturated rings. The minimum absolute atomic E-state index is 0.190. The van der Waals surface area contributed by atoms with Gasteiger partial charge in [0, 0.05) is 10.5 Å². The van der Waals surface area contributed by atoms with Gasteiger partial charge in [0.25, 0.3) is 0 Å². The van der Waals surface area contributed by atoms with Crippen molar-refractivity contribution in [2.45, 2.75) is 45.3 Å². The standard InChI is InChI=1S/C27H26BrClN2O4/c1-2-34-27(33)15-20-8-10-23(28)13-19(20)9-11-24(32)14-22-12-18(16-30)6-7-21(22)17-35-26-5-3-4-25(29)31-26/h3-8,10,12-13,24,32H,2,9,11,14-15,17H2,1H3. The number of aromatic nitrogens is 1. The lowest BCUT2D eigenvalue weighted by molar-refractivity contribution is -0.142. The predicted molar refractivity (Wildman–Crippen MR) is 137 cm³/mol. The van der Waals surface area contributed by atoms with E-state index in [9.17, 15) is 15.2 Å². The summed E-state index contributed by atoms with van der Waals surface area (Å²) in [6, 6.07) is 18.4. The first-order valence-electron chi connectivity index (χ1n) is 11.3. The number of esters is 1. The molecule has 0 aliphatic rings. The van der Waals surface area contributed by atoms with Crippen LogP contribution in [0.25, 0.3) is 0 Å². The molecule has 35 heavy (non-hydrogen) atoms. The summed E-state index contributed by atoms with van der Waals surface area (Å²) < 4.78 is 11.8. The Labute approximate surface area is 218 Å². The van der Waals surface area contributed by atoms with E-state index in [1.807, 2.05) is 24.3 Å². The zero-order valence-electron chi connectivity index (χ0n) is 19.3. The number of nitriles is 1. The molecule has 8 heteroatoms. The highest BCUT2D eigenvalue weighted by Crippen LogP contribution is 2.22. The highest BCUT2D eigenvalue weighted by Gasteiger charge is 2.15. The molecule has 182 valence electrons. The van der Waals surface area contributed by atoms with Gasteiger partial charge >= 0.3 is 5.97 Å². The highest BCUT2D eigenvalue weighted by molar-refractivity contribution is 9.10. The van der Waals surface area contributed by atoms with E-state index in [1.165, 1.54) is 0 Å². The maximum atomic E-state index is 12.0. The summed E-state index contributed by atoms with van der Waals surface area (Å²) in [5, 5.41) is 20.5. The zero-order valence-corrected chi connectivity index (χ0v) is 21.7. The Morgan fingerprint density at radius 3 is 2.69 bits per heavy atom. The van der Waals surface area contributed by atoms with Gasteiger partial charge < -0.3 is 14.6 Å². The average Bonchev–Trinajstić information content (AvgIpc) is 2.83. The SMILES string of the molecule is CCOC(=O)Cc1ccc(Br)cc1CCC(O)Cc1cc(C#N)ccc1COc1cccc(Cl)n1. The van der Waals surface area contributed by atoms with Crippen molar-refractivity contribution in [2.75, 3.05) is 6.61 Å². The number of hydrogen-bond acceptors (Lipinski definition) is 6. The molecule has 1 atom stereocenters. The van der Waals surface area contributed by atoms with Crippen molar-refractivity contribution in [3.63, 3.8) is 0 Å². The van der Waals surface area contributed by atoms with Crippen LogP contribution in [0.5, 0.6) is 5.88 Å². The van der Waals surface area contributed by atoms with Crippen molar-refractivity contribution in [3.05, 3.63) is 92.0 Å². The van der Waals surface area contributed by atoms with E-state index in [1.54, 1.807) is 37.3 Å². The molecular formula is C27H26BrClN2O4. The van der Waals surface area contributed by atoms with Gasteiger partial charge in [-0.2, -0.15) is 5.26 Å². The van der Waals surface area contributed by atoms with Gasteiger partial charge in [-0.3, -0.25) is 4.79 Å². The number of aryl methyl sites for hydroxylation is 1. The molecule has 0 radical (unpaired) electrons. The third-order valence-corrected chi connectivity index (χ3v) is 6.12. The van der Waals surface area contributed by atoms with Crippen LogP contribution in [0.2, 0.25) is 5.15 Å². The van der Waals surface area contributed by atoms with Crippen molar-refractivity contribution < 1.29 is 19.4 Å². The van der Waals surface area contributed by atoms with E-state index in [4.69, 9.17) is 21.1 Å². The molecule has 1 heterocycles. The van der Waals surface area contributed by atoms with E-state index in [0.29, 0.717) is 42.5 Å². The quantitative estimate of drug-likeness (QED) is 0.244. The van der Waals surface area contributed by atoms with Crippen LogP contribution in [0.15, 0.2) is 59.1 Å². The molecule has 0 bridgehead atoms. The van der Waals surface area contributed by atoms with E-state index in [-0.39, 0.29) is 19.0 Å². The van der Waals surface area contributed by atoms with Gasteiger partial charge in [-0.1, -0.05) is 45.7 Å². The van der Waals surface area contributed by atoms with Crippen LogP contribution in [0.4, 0.5) is 0 Å². The van der Waals surface area contributed by atoms with Gasteiger partial charge in [0.15, 0.2) is 0 Å². The molecule has 1 N–H and O–H groups in total. The van der Waals surface area contributed by atoms with Crippen molar-refractivity contribution in [1.29, 1.82) is 5.26 Å². The van der Waals surface area contributed by atoms with Crippen molar-refractivity contribution in [1.82, 2.24) is 4.98 Å². The molecule has 0 aliphatic carbocycles. The second kappa shape index (κ2) is 13.2. The molecule has 0 amide bonds. The Kier molecular flexibility index (Phi) is 10.1. The summed E-state index contributed by atoms with van der Waals surface area (Å²) in [4.78, 5) is 16.1. The van der Waals surface area contributed by atoms with Crippen LogP contribution in [-0.4, -0.2) is 28.8 Å². The van der Waals surface area contributed by atoms with Crippen LogP contribution in [0.1, 0.15) is 41.2 Å². The Morgan fingerprint density at radius 2 is 1.94 bits per heavy atom. The summed E-state index contributed by atoms with van der Waals surface area (Å²) in [5.74, 6) is 0.126. The molecule has 0 spiro atoms. The maximum absolute atomic E-state index is 12.0. The molecule has 3 aromatic rings. The number of aliphatic hydroxyl groups is 1. The van der Waals surface area contributed by atoms with Gasteiger partial charge in [-0.05, 0) is 78.8 Å². The fourth-order valence-corrected chi connectivity index (χ4v) is 4.26. The smallest absolute Gasteiger partial charge is 0.310 e.